The van der Waals surface area contributed by atoms with Gasteiger partial charge in [0.25, 0.3) is 5.91 Å². The molecule has 1 atom stereocenters. The number of aromatic nitrogens is 2. The highest BCUT2D eigenvalue weighted by Gasteiger charge is 2.27. The second-order valence-corrected chi connectivity index (χ2v) is 5.41. The summed E-state index contributed by atoms with van der Waals surface area (Å²) in [7, 11) is 0. The molecule has 110 valence electrons. The zero-order valence-corrected chi connectivity index (χ0v) is 12.3. The van der Waals surface area contributed by atoms with Crippen molar-refractivity contribution in [2.24, 2.45) is 0 Å². The monoisotopic (exact) mass is 299 g/mol. The van der Waals surface area contributed by atoms with Crippen LogP contribution in [0.3, 0.4) is 0 Å². The van der Waals surface area contributed by atoms with Gasteiger partial charge in [0, 0.05) is 19.0 Å². The molecule has 0 aromatic carbocycles. The minimum Gasteiger partial charge on any atom is -0.394 e. The number of carbonyl (C=O) groups is 1. The minimum absolute atomic E-state index is 0.113. The zero-order valence-electron chi connectivity index (χ0n) is 11.5. The van der Waals surface area contributed by atoms with Crippen molar-refractivity contribution in [1.29, 1.82) is 0 Å². The number of ether oxygens (including phenoxy) is 1. The number of nitrogens with zero attached hydrogens (tertiary/aromatic N) is 3. The number of hydrogen-bond acceptors (Lipinski definition) is 5. The smallest absolute Gasteiger partial charge is 0.274 e. The fourth-order valence-electron chi connectivity index (χ4n) is 1.97. The van der Waals surface area contributed by atoms with Crippen LogP contribution in [-0.2, 0) is 4.74 Å². The Morgan fingerprint density at radius 3 is 3.05 bits per heavy atom. The van der Waals surface area contributed by atoms with Crippen LogP contribution in [0.1, 0.15) is 36.1 Å². The molecule has 2 rings (SSSR count). The Morgan fingerprint density at radius 2 is 2.40 bits per heavy atom. The van der Waals surface area contributed by atoms with Crippen LogP contribution in [0.15, 0.2) is 6.20 Å². The molecular weight excluding hydrogens is 282 g/mol. The number of halogens is 1. The Kier molecular flexibility index (Phi) is 4.91. The fraction of sp³-hybridized carbons (Fsp3) is 0.615. The SMILES string of the molecule is CC(C)c1ncc(Cl)c(C(=O)N2CCOC(CO)C2)n1. The normalized spacial score (nSPS) is 19.4. The van der Waals surface area contributed by atoms with Gasteiger partial charge in [0.05, 0.1) is 30.5 Å². The van der Waals surface area contributed by atoms with Crippen molar-refractivity contribution in [3.63, 3.8) is 0 Å². The molecule has 20 heavy (non-hydrogen) atoms. The van der Waals surface area contributed by atoms with Gasteiger partial charge in [-0.1, -0.05) is 25.4 Å². The maximum atomic E-state index is 12.5. The number of amides is 1. The number of rotatable bonds is 3. The molecule has 2 heterocycles. The quantitative estimate of drug-likeness (QED) is 0.904. The number of hydrogen-bond donors (Lipinski definition) is 1. The first kappa shape index (κ1) is 15.2. The first-order valence-corrected chi connectivity index (χ1v) is 6.95. The van der Waals surface area contributed by atoms with E-state index in [1.165, 1.54) is 6.20 Å². The van der Waals surface area contributed by atoms with Crippen molar-refractivity contribution < 1.29 is 14.6 Å². The maximum absolute atomic E-state index is 12.5. The van der Waals surface area contributed by atoms with E-state index in [1.807, 2.05) is 13.8 Å². The van der Waals surface area contributed by atoms with Gasteiger partial charge in [0.2, 0.25) is 0 Å². The van der Waals surface area contributed by atoms with Crippen LogP contribution in [0, 0.1) is 0 Å². The highest BCUT2D eigenvalue weighted by atomic mass is 35.5. The predicted octanol–water partition coefficient (Wildman–Crippen LogP) is 1.09. The van der Waals surface area contributed by atoms with E-state index in [0.29, 0.717) is 25.5 Å². The molecule has 0 radical (unpaired) electrons. The second-order valence-electron chi connectivity index (χ2n) is 5.01. The highest BCUT2D eigenvalue weighted by Crippen LogP contribution is 2.19. The third kappa shape index (κ3) is 3.26. The Balaban J connectivity index is 2.21. The Morgan fingerprint density at radius 1 is 1.65 bits per heavy atom. The van der Waals surface area contributed by atoms with Crippen molar-refractivity contribution in [2.75, 3.05) is 26.3 Å². The van der Waals surface area contributed by atoms with Crippen LogP contribution in [0.5, 0.6) is 0 Å². The summed E-state index contributed by atoms with van der Waals surface area (Å²) in [6.45, 7) is 5.00. The summed E-state index contributed by atoms with van der Waals surface area (Å²) in [5.74, 6) is 0.458. The van der Waals surface area contributed by atoms with Crippen molar-refractivity contribution >= 4 is 17.5 Å². The van der Waals surface area contributed by atoms with E-state index in [1.54, 1.807) is 4.90 Å². The van der Waals surface area contributed by atoms with Gasteiger partial charge < -0.3 is 14.7 Å². The van der Waals surface area contributed by atoms with Gasteiger partial charge in [0.1, 0.15) is 5.82 Å². The average molecular weight is 300 g/mol. The Bertz CT molecular complexity index is 496. The van der Waals surface area contributed by atoms with E-state index in [2.05, 4.69) is 9.97 Å². The largest absolute Gasteiger partial charge is 0.394 e. The molecule has 1 aliphatic heterocycles. The lowest BCUT2D eigenvalue weighted by atomic mass is 10.2. The van der Waals surface area contributed by atoms with Crippen molar-refractivity contribution in [3.05, 3.63) is 22.7 Å². The Hall–Kier alpha value is -1.24. The van der Waals surface area contributed by atoms with Crippen LogP contribution < -0.4 is 0 Å². The topological polar surface area (TPSA) is 75.6 Å². The van der Waals surface area contributed by atoms with E-state index >= 15 is 0 Å². The molecule has 6 nitrogen and oxygen atoms in total. The van der Waals surface area contributed by atoms with Crippen LogP contribution >= 0.6 is 11.6 Å². The molecule has 1 N–H and O–H groups in total. The van der Waals surface area contributed by atoms with Gasteiger partial charge in [-0.2, -0.15) is 0 Å². The molecule has 1 fully saturated rings. The third-order valence-electron chi connectivity index (χ3n) is 3.11. The van der Waals surface area contributed by atoms with E-state index in [9.17, 15) is 4.79 Å². The molecule has 1 unspecified atom stereocenters. The molecule has 0 saturated carbocycles. The van der Waals surface area contributed by atoms with E-state index < -0.39 is 0 Å². The van der Waals surface area contributed by atoms with Gasteiger partial charge in [-0.15, -0.1) is 0 Å². The van der Waals surface area contributed by atoms with Crippen LogP contribution in [0.25, 0.3) is 0 Å². The first-order chi connectivity index (χ1) is 9.52. The molecule has 1 aromatic heterocycles. The lowest BCUT2D eigenvalue weighted by molar-refractivity contribution is -0.0448. The van der Waals surface area contributed by atoms with Crippen molar-refractivity contribution in [1.82, 2.24) is 14.9 Å². The lowest BCUT2D eigenvalue weighted by Crippen LogP contribution is -2.47. The summed E-state index contributed by atoms with van der Waals surface area (Å²) >= 11 is 6.03. The Labute approximate surface area is 122 Å². The first-order valence-electron chi connectivity index (χ1n) is 6.57. The number of aliphatic hydroxyl groups is 1. The summed E-state index contributed by atoms with van der Waals surface area (Å²) in [6, 6.07) is 0. The molecule has 1 amide bonds. The highest BCUT2D eigenvalue weighted by molar-refractivity contribution is 6.33. The maximum Gasteiger partial charge on any atom is 0.274 e. The summed E-state index contributed by atoms with van der Waals surface area (Å²) in [5.41, 5.74) is 0.212. The second kappa shape index (κ2) is 6.47. The van der Waals surface area contributed by atoms with Gasteiger partial charge in [-0.05, 0) is 0 Å². The van der Waals surface area contributed by atoms with Gasteiger partial charge in [-0.25, -0.2) is 9.97 Å². The van der Waals surface area contributed by atoms with Crippen LogP contribution in [0.4, 0.5) is 0 Å². The minimum atomic E-state index is -0.349. The summed E-state index contributed by atoms with van der Waals surface area (Å²) < 4.78 is 5.33. The standard InChI is InChI=1S/C13H18ClN3O3/c1-8(2)12-15-5-10(14)11(16-12)13(19)17-3-4-20-9(6-17)7-18/h5,8-9,18H,3-4,6-7H2,1-2H3. The molecule has 7 heteroatoms. The van der Waals surface area contributed by atoms with Gasteiger partial charge in [0.15, 0.2) is 5.69 Å². The average Bonchev–Trinajstić information content (AvgIpc) is 2.46. The van der Waals surface area contributed by atoms with Gasteiger partial charge in [-0.3, -0.25) is 4.79 Å². The summed E-state index contributed by atoms with van der Waals surface area (Å²) in [6.07, 6.45) is 1.11. The molecule has 1 saturated heterocycles. The zero-order chi connectivity index (χ0) is 14.7. The number of carbonyl (C=O) groups excluding carboxylic acids is 1. The summed E-state index contributed by atoms with van der Waals surface area (Å²) in [5, 5.41) is 9.36. The third-order valence-corrected chi connectivity index (χ3v) is 3.39. The van der Waals surface area contributed by atoms with Crippen molar-refractivity contribution in [2.45, 2.75) is 25.9 Å². The van der Waals surface area contributed by atoms with Crippen LogP contribution in [-0.4, -0.2) is 58.3 Å². The molecular formula is C13H18ClN3O3. The number of morpholine rings is 1. The fourth-order valence-corrected chi connectivity index (χ4v) is 2.14. The molecule has 0 spiro atoms. The van der Waals surface area contributed by atoms with Crippen LogP contribution in [0.2, 0.25) is 5.02 Å². The molecule has 0 bridgehead atoms. The number of aliphatic hydroxyl groups excluding tert-OH is 1. The predicted molar refractivity (Wildman–Crippen MR) is 73.9 cm³/mol. The molecule has 1 aliphatic rings. The van der Waals surface area contributed by atoms with Gasteiger partial charge >= 0.3 is 0 Å². The molecule has 0 aliphatic carbocycles. The van der Waals surface area contributed by atoms with E-state index in [0.717, 1.165) is 0 Å². The van der Waals surface area contributed by atoms with E-state index in [4.69, 9.17) is 21.4 Å². The lowest BCUT2D eigenvalue weighted by Gasteiger charge is -2.32. The van der Waals surface area contributed by atoms with Crippen molar-refractivity contribution in [3.8, 4) is 0 Å². The van der Waals surface area contributed by atoms with E-state index in [-0.39, 0.29) is 35.3 Å². The molecule has 1 aromatic rings. The summed E-state index contributed by atoms with van der Waals surface area (Å²) in [4.78, 5) is 22.4.